The van der Waals surface area contributed by atoms with Gasteiger partial charge in [-0.1, -0.05) is 36.2 Å². The molecule has 2 rings (SSSR count). The van der Waals surface area contributed by atoms with E-state index in [0.717, 1.165) is 30.5 Å². The van der Waals surface area contributed by atoms with Crippen LogP contribution >= 0.6 is 34.8 Å². The summed E-state index contributed by atoms with van der Waals surface area (Å²) in [6.07, 6.45) is 3.37. The van der Waals surface area contributed by atoms with Gasteiger partial charge >= 0.3 is 0 Å². The zero-order valence-electron chi connectivity index (χ0n) is 11.1. The molecule has 0 saturated carbocycles. The summed E-state index contributed by atoms with van der Waals surface area (Å²) in [6, 6.07) is 7.50. The van der Waals surface area contributed by atoms with Crippen molar-refractivity contribution in [2.75, 3.05) is 6.54 Å². The largest absolute Gasteiger partial charge is 0.453 e. The quantitative estimate of drug-likeness (QED) is 0.753. The van der Waals surface area contributed by atoms with Gasteiger partial charge in [0.15, 0.2) is 5.22 Å². The highest BCUT2D eigenvalue weighted by Crippen LogP contribution is 2.30. The first-order valence-corrected chi connectivity index (χ1v) is 7.65. The number of halogens is 3. The normalized spacial score (nSPS) is 12.6. The smallest absolute Gasteiger partial charge is 0.197 e. The lowest BCUT2D eigenvalue weighted by atomic mass is 10.0. The summed E-state index contributed by atoms with van der Waals surface area (Å²) in [7, 11) is 0. The predicted molar refractivity (Wildman–Crippen MR) is 84.9 cm³/mol. The molecule has 0 spiro atoms. The lowest BCUT2D eigenvalue weighted by molar-refractivity contribution is 0.513. The highest BCUT2D eigenvalue weighted by Gasteiger charge is 2.18. The first-order valence-electron chi connectivity index (χ1n) is 6.52. The van der Waals surface area contributed by atoms with E-state index >= 15 is 0 Å². The van der Waals surface area contributed by atoms with Crippen LogP contribution in [-0.2, 0) is 6.42 Å². The van der Waals surface area contributed by atoms with Crippen molar-refractivity contribution in [2.45, 2.75) is 25.8 Å². The molecule has 0 bridgehead atoms. The molecule has 0 aliphatic rings. The third kappa shape index (κ3) is 3.92. The van der Waals surface area contributed by atoms with Crippen LogP contribution in [0.25, 0.3) is 0 Å². The van der Waals surface area contributed by atoms with Crippen LogP contribution in [0.5, 0.6) is 0 Å². The first kappa shape index (κ1) is 15.7. The van der Waals surface area contributed by atoms with Gasteiger partial charge in [0.1, 0.15) is 0 Å². The minimum Gasteiger partial charge on any atom is -0.453 e. The van der Waals surface area contributed by atoms with Gasteiger partial charge in [-0.25, -0.2) is 0 Å². The van der Waals surface area contributed by atoms with E-state index in [-0.39, 0.29) is 6.04 Å². The molecule has 1 atom stereocenters. The number of hydrogen-bond acceptors (Lipinski definition) is 2. The maximum absolute atomic E-state index is 6.24. The van der Waals surface area contributed by atoms with Crippen LogP contribution in [0.2, 0.25) is 15.3 Å². The lowest BCUT2D eigenvalue weighted by Gasteiger charge is -2.18. The molecule has 108 valence electrons. The Morgan fingerprint density at radius 3 is 2.60 bits per heavy atom. The molecule has 0 saturated heterocycles. The first-order chi connectivity index (χ1) is 9.61. The highest BCUT2D eigenvalue weighted by molar-refractivity contribution is 6.35. The van der Waals surface area contributed by atoms with Crippen molar-refractivity contribution in [3.05, 3.63) is 56.9 Å². The van der Waals surface area contributed by atoms with Gasteiger partial charge in [0.05, 0.1) is 6.26 Å². The minimum atomic E-state index is 0.0693. The molecule has 0 aliphatic carbocycles. The van der Waals surface area contributed by atoms with E-state index in [1.165, 1.54) is 0 Å². The van der Waals surface area contributed by atoms with Gasteiger partial charge in [0.25, 0.3) is 0 Å². The second-order valence-electron chi connectivity index (χ2n) is 4.60. The summed E-state index contributed by atoms with van der Waals surface area (Å²) in [4.78, 5) is 0. The van der Waals surface area contributed by atoms with Crippen molar-refractivity contribution in [1.82, 2.24) is 5.32 Å². The van der Waals surface area contributed by atoms with Gasteiger partial charge < -0.3 is 9.73 Å². The number of furan rings is 1. The average molecular weight is 333 g/mol. The van der Waals surface area contributed by atoms with Crippen LogP contribution in [0.15, 0.2) is 34.9 Å². The Morgan fingerprint density at radius 2 is 2.00 bits per heavy atom. The summed E-state index contributed by atoms with van der Waals surface area (Å²) in [5.74, 6) is 0. The summed E-state index contributed by atoms with van der Waals surface area (Å²) in [5.41, 5.74) is 1.98. The Hall–Kier alpha value is -0.670. The molecule has 2 nitrogen and oxygen atoms in total. The van der Waals surface area contributed by atoms with Gasteiger partial charge in [-0.2, -0.15) is 0 Å². The third-order valence-corrected chi connectivity index (χ3v) is 4.00. The Bertz CT molecular complexity index is 568. The topological polar surface area (TPSA) is 25.2 Å². The van der Waals surface area contributed by atoms with Crippen molar-refractivity contribution in [1.29, 1.82) is 0 Å². The number of rotatable bonds is 6. The molecule has 20 heavy (non-hydrogen) atoms. The summed E-state index contributed by atoms with van der Waals surface area (Å²) < 4.78 is 5.18. The maximum atomic E-state index is 6.24. The SMILES string of the molecule is CCCNC(Cc1ccc(Cl)cc1Cl)c1ccoc1Cl. The van der Waals surface area contributed by atoms with Crippen molar-refractivity contribution < 1.29 is 4.42 Å². The van der Waals surface area contributed by atoms with Crippen LogP contribution in [0.4, 0.5) is 0 Å². The van der Waals surface area contributed by atoms with Gasteiger partial charge in [-0.05, 0) is 54.7 Å². The van der Waals surface area contributed by atoms with Crippen LogP contribution in [-0.4, -0.2) is 6.54 Å². The monoisotopic (exact) mass is 331 g/mol. The van der Waals surface area contributed by atoms with E-state index in [4.69, 9.17) is 39.2 Å². The third-order valence-electron chi connectivity index (χ3n) is 3.10. The number of hydrogen-bond donors (Lipinski definition) is 1. The summed E-state index contributed by atoms with van der Waals surface area (Å²) in [5, 5.41) is 5.19. The molecule has 0 amide bonds. The fourth-order valence-corrected chi connectivity index (χ4v) is 2.80. The molecular weight excluding hydrogens is 317 g/mol. The Labute approximate surface area is 134 Å². The van der Waals surface area contributed by atoms with Crippen LogP contribution in [0.3, 0.4) is 0 Å². The standard InChI is InChI=1S/C15H16Cl3NO/c1-2-6-19-14(12-5-7-20-15(12)18)8-10-3-4-11(16)9-13(10)17/h3-5,7,9,14,19H,2,6,8H2,1H3. The zero-order chi connectivity index (χ0) is 14.5. The fourth-order valence-electron chi connectivity index (χ4n) is 2.07. The second kappa shape index (κ2) is 7.37. The minimum absolute atomic E-state index is 0.0693. The predicted octanol–water partition coefficient (Wildman–Crippen LogP) is 5.52. The van der Waals surface area contributed by atoms with Crippen LogP contribution in [0.1, 0.15) is 30.5 Å². The van der Waals surface area contributed by atoms with Crippen molar-refractivity contribution in [3.8, 4) is 0 Å². The Morgan fingerprint density at radius 1 is 1.20 bits per heavy atom. The van der Waals surface area contributed by atoms with Crippen molar-refractivity contribution in [2.24, 2.45) is 0 Å². The molecule has 0 radical (unpaired) electrons. The van der Waals surface area contributed by atoms with E-state index in [9.17, 15) is 0 Å². The molecule has 1 aromatic carbocycles. The molecular formula is C15H16Cl3NO. The van der Waals surface area contributed by atoms with Gasteiger partial charge in [-0.3, -0.25) is 0 Å². The summed E-state index contributed by atoms with van der Waals surface area (Å²) in [6.45, 7) is 3.02. The van der Waals surface area contributed by atoms with Crippen molar-refractivity contribution in [3.63, 3.8) is 0 Å². The second-order valence-corrected chi connectivity index (χ2v) is 5.78. The average Bonchev–Trinajstić information content (AvgIpc) is 2.83. The fraction of sp³-hybridized carbons (Fsp3) is 0.333. The van der Waals surface area contributed by atoms with Gasteiger partial charge in [0.2, 0.25) is 0 Å². The molecule has 1 aromatic heterocycles. The van der Waals surface area contributed by atoms with Crippen molar-refractivity contribution >= 4 is 34.8 Å². The Balaban J connectivity index is 2.21. The molecule has 2 aromatic rings. The van der Waals surface area contributed by atoms with E-state index in [0.29, 0.717) is 15.3 Å². The molecule has 1 heterocycles. The van der Waals surface area contributed by atoms with Crippen LogP contribution < -0.4 is 5.32 Å². The molecule has 0 fully saturated rings. The van der Waals surface area contributed by atoms with E-state index < -0.39 is 0 Å². The van der Waals surface area contributed by atoms with E-state index in [2.05, 4.69) is 12.2 Å². The van der Waals surface area contributed by atoms with Gasteiger partial charge in [-0.15, -0.1) is 0 Å². The zero-order valence-corrected chi connectivity index (χ0v) is 13.4. The highest BCUT2D eigenvalue weighted by atomic mass is 35.5. The van der Waals surface area contributed by atoms with Crippen LogP contribution in [0, 0.1) is 0 Å². The lowest BCUT2D eigenvalue weighted by Crippen LogP contribution is -2.24. The number of nitrogens with one attached hydrogen (secondary N) is 1. The maximum Gasteiger partial charge on any atom is 0.197 e. The van der Waals surface area contributed by atoms with E-state index in [1.54, 1.807) is 12.3 Å². The number of benzene rings is 1. The van der Waals surface area contributed by atoms with E-state index in [1.807, 2.05) is 18.2 Å². The van der Waals surface area contributed by atoms with Gasteiger partial charge in [0, 0.05) is 21.7 Å². The molecule has 0 aliphatic heterocycles. The molecule has 1 unspecified atom stereocenters. The molecule has 5 heteroatoms. The Kier molecular flexibility index (Phi) is 5.79. The molecule has 1 N–H and O–H groups in total. The summed E-state index contributed by atoms with van der Waals surface area (Å²) >= 11 is 18.2.